The summed E-state index contributed by atoms with van der Waals surface area (Å²) >= 11 is 0. The van der Waals surface area contributed by atoms with Crippen LogP contribution >= 0.6 is 0 Å². The van der Waals surface area contributed by atoms with Crippen LogP contribution in [0.3, 0.4) is 0 Å². The molecule has 0 saturated heterocycles. The maximum absolute atomic E-state index is 7.07. The first-order chi connectivity index (χ1) is 27.8. The summed E-state index contributed by atoms with van der Waals surface area (Å²) in [6.07, 6.45) is 1.68. The fraction of sp³-hybridized carbons (Fsp3) is 0.208. The third-order valence-electron chi connectivity index (χ3n) is 14.8. The smallest absolute Gasteiger partial charge is 0.173 e. The lowest BCUT2D eigenvalue weighted by molar-refractivity contribution is 0.352. The molecule has 0 bridgehead atoms. The fourth-order valence-corrected chi connectivity index (χ4v) is 12.1. The maximum atomic E-state index is 7.07. The predicted octanol–water partition coefficient (Wildman–Crippen LogP) is 12.6. The molecule has 1 aliphatic heterocycles. The van der Waals surface area contributed by atoms with E-state index in [1.165, 1.54) is 77.9 Å². The summed E-state index contributed by atoms with van der Waals surface area (Å²) in [7, 11) is 3.50. The van der Waals surface area contributed by atoms with Crippen molar-refractivity contribution in [2.45, 2.75) is 56.8 Å². The summed E-state index contributed by atoms with van der Waals surface area (Å²) in [5.41, 5.74) is 19.0. The quantitative estimate of drug-likeness (QED) is 0.177. The molecule has 0 fully saturated rings. The number of hydrogen-bond acceptors (Lipinski definition) is 4. The van der Waals surface area contributed by atoms with Gasteiger partial charge in [-0.05, 0) is 154 Å². The molecule has 4 heteroatoms. The van der Waals surface area contributed by atoms with Crippen LogP contribution in [0.15, 0.2) is 121 Å². The molecule has 0 aromatic heterocycles. The molecular weight excluding hydrogens is 701 g/mol. The molecule has 7 aromatic rings. The van der Waals surface area contributed by atoms with E-state index in [4.69, 9.17) is 18.9 Å². The van der Waals surface area contributed by atoms with Crippen LogP contribution in [0, 0.1) is 27.7 Å². The second-order valence-corrected chi connectivity index (χ2v) is 16.9. The van der Waals surface area contributed by atoms with E-state index in [2.05, 4.69) is 149 Å². The Labute approximate surface area is 333 Å². The molecule has 278 valence electrons. The van der Waals surface area contributed by atoms with Crippen molar-refractivity contribution in [3.8, 4) is 56.8 Å². The Bertz CT molecular complexity index is 2860. The zero-order valence-corrected chi connectivity index (χ0v) is 33.1. The van der Waals surface area contributed by atoms with Crippen molar-refractivity contribution < 1.29 is 18.9 Å². The molecule has 5 aliphatic rings. The Balaban J connectivity index is 1.21. The molecular formula is C53H42O4. The van der Waals surface area contributed by atoms with E-state index in [1.807, 2.05) is 0 Å². The van der Waals surface area contributed by atoms with Crippen LogP contribution in [0.4, 0.5) is 0 Å². The molecule has 1 atom stereocenters. The van der Waals surface area contributed by atoms with E-state index < -0.39 is 16.2 Å². The number of benzene rings is 7. The molecule has 12 rings (SSSR count). The lowest BCUT2D eigenvalue weighted by atomic mass is 9.66. The van der Waals surface area contributed by atoms with Crippen molar-refractivity contribution in [3.05, 3.63) is 188 Å². The van der Waals surface area contributed by atoms with Crippen LogP contribution < -0.4 is 18.9 Å². The van der Waals surface area contributed by atoms with Gasteiger partial charge < -0.3 is 18.9 Å². The second kappa shape index (κ2) is 11.0. The van der Waals surface area contributed by atoms with E-state index in [-0.39, 0.29) is 0 Å². The molecule has 0 N–H and O–H groups in total. The van der Waals surface area contributed by atoms with Gasteiger partial charge in [-0.25, -0.2) is 0 Å². The van der Waals surface area contributed by atoms with Gasteiger partial charge in [-0.15, -0.1) is 0 Å². The van der Waals surface area contributed by atoms with E-state index in [0.717, 1.165) is 58.5 Å². The highest BCUT2D eigenvalue weighted by Crippen LogP contribution is 2.74. The van der Waals surface area contributed by atoms with E-state index in [9.17, 15) is 0 Å². The highest BCUT2D eigenvalue weighted by molar-refractivity contribution is 5.89. The van der Waals surface area contributed by atoms with Crippen molar-refractivity contribution in [2.75, 3.05) is 14.2 Å². The summed E-state index contributed by atoms with van der Waals surface area (Å²) in [5, 5.41) is 0. The third kappa shape index (κ3) is 3.76. The molecule has 0 amide bonds. The Kier molecular flexibility index (Phi) is 6.34. The average molecular weight is 743 g/mol. The summed E-state index contributed by atoms with van der Waals surface area (Å²) in [6, 6.07) is 45.5. The second-order valence-electron chi connectivity index (χ2n) is 16.9. The number of fused-ring (bicyclic) bond motifs is 18. The van der Waals surface area contributed by atoms with Gasteiger partial charge in [-0.1, -0.05) is 97.1 Å². The lowest BCUT2D eigenvalue weighted by Crippen LogP contribution is -2.32. The van der Waals surface area contributed by atoms with Crippen LogP contribution in [-0.4, -0.2) is 14.2 Å². The SMILES string of the molecule is COc1cc2c(cc1OC)C1(CC23CC2(c4ccccc4-c4ccccc42)c2cc4c(cc23)Oc2c(C)c(C)c(C)c(C)c2O4)c2ccccc2-c2ccccc21. The minimum absolute atomic E-state index is 0.440. The maximum Gasteiger partial charge on any atom is 0.173 e. The van der Waals surface area contributed by atoms with Gasteiger partial charge in [0, 0.05) is 16.2 Å². The first-order valence-corrected chi connectivity index (χ1v) is 20.1. The fourth-order valence-electron chi connectivity index (χ4n) is 12.1. The van der Waals surface area contributed by atoms with Crippen molar-refractivity contribution in [2.24, 2.45) is 0 Å². The molecule has 1 unspecified atom stereocenters. The minimum Gasteiger partial charge on any atom is -0.493 e. The molecule has 7 aromatic carbocycles. The highest BCUT2D eigenvalue weighted by Gasteiger charge is 2.66. The average Bonchev–Trinajstić information content (AvgIpc) is 3.91. The number of rotatable bonds is 2. The summed E-state index contributed by atoms with van der Waals surface area (Å²) in [6.45, 7) is 8.66. The van der Waals surface area contributed by atoms with Crippen molar-refractivity contribution in [3.63, 3.8) is 0 Å². The van der Waals surface area contributed by atoms with Crippen molar-refractivity contribution in [1.82, 2.24) is 0 Å². The van der Waals surface area contributed by atoms with E-state index in [0.29, 0.717) is 0 Å². The van der Waals surface area contributed by atoms with Gasteiger partial charge in [0.15, 0.2) is 34.5 Å². The van der Waals surface area contributed by atoms with Gasteiger partial charge in [0.1, 0.15) is 0 Å². The van der Waals surface area contributed by atoms with Crippen LogP contribution in [0.1, 0.15) is 79.6 Å². The summed E-state index contributed by atoms with van der Waals surface area (Å²) in [4.78, 5) is 0. The largest absolute Gasteiger partial charge is 0.493 e. The zero-order valence-electron chi connectivity index (χ0n) is 33.1. The van der Waals surface area contributed by atoms with Gasteiger partial charge in [-0.2, -0.15) is 0 Å². The third-order valence-corrected chi connectivity index (χ3v) is 14.8. The Morgan fingerprint density at radius 3 is 1.14 bits per heavy atom. The standard InChI is InChI=1S/C53H42O4/c1-29-30(2)32(4)50-49(31(29)3)56-47-24-42-44(26-48(47)57-50)53(39-21-13-9-17-35(39)36-18-10-14-22-40(36)53)28-51(42)27-52(43-25-46(55-6)45(54-5)23-41(43)51)37-19-11-7-15-33(37)34-16-8-12-20-38(34)52/h7-26H,27-28H2,1-6H3. The highest BCUT2D eigenvalue weighted by atomic mass is 16.6. The van der Waals surface area contributed by atoms with Gasteiger partial charge in [-0.3, -0.25) is 0 Å². The zero-order chi connectivity index (χ0) is 38.6. The van der Waals surface area contributed by atoms with Gasteiger partial charge in [0.2, 0.25) is 0 Å². The molecule has 3 spiro atoms. The molecule has 4 nitrogen and oxygen atoms in total. The van der Waals surface area contributed by atoms with Gasteiger partial charge in [0.05, 0.1) is 14.2 Å². The van der Waals surface area contributed by atoms with Crippen molar-refractivity contribution in [1.29, 1.82) is 0 Å². The Morgan fingerprint density at radius 2 is 0.737 bits per heavy atom. The summed E-state index contributed by atoms with van der Waals surface area (Å²) < 4.78 is 26.4. The Morgan fingerprint density at radius 1 is 0.404 bits per heavy atom. The minimum atomic E-state index is -0.466. The van der Waals surface area contributed by atoms with Crippen LogP contribution in [-0.2, 0) is 16.2 Å². The van der Waals surface area contributed by atoms with Gasteiger partial charge in [0.25, 0.3) is 0 Å². The molecule has 0 radical (unpaired) electrons. The van der Waals surface area contributed by atoms with Crippen molar-refractivity contribution >= 4 is 0 Å². The van der Waals surface area contributed by atoms with Gasteiger partial charge >= 0.3 is 0 Å². The van der Waals surface area contributed by atoms with E-state index in [1.54, 1.807) is 14.2 Å². The molecule has 57 heavy (non-hydrogen) atoms. The topological polar surface area (TPSA) is 36.9 Å². The summed E-state index contributed by atoms with van der Waals surface area (Å²) in [5.74, 6) is 4.65. The van der Waals surface area contributed by atoms with Crippen LogP contribution in [0.5, 0.6) is 34.5 Å². The lowest BCUT2D eigenvalue weighted by Gasteiger charge is -2.35. The predicted molar refractivity (Wildman–Crippen MR) is 225 cm³/mol. The molecule has 1 heterocycles. The first kappa shape index (κ1) is 32.9. The normalized spacial score (nSPS) is 18.5. The molecule has 0 saturated carbocycles. The Hall–Kier alpha value is -6.26. The number of hydrogen-bond donors (Lipinski definition) is 0. The monoisotopic (exact) mass is 742 g/mol. The first-order valence-electron chi connectivity index (χ1n) is 20.1. The molecule has 4 aliphatic carbocycles. The van der Waals surface area contributed by atoms with E-state index >= 15 is 0 Å². The number of methoxy groups -OCH3 is 2. The number of ether oxygens (including phenoxy) is 4. The van der Waals surface area contributed by atoms with Crippen LogP contribution in [0.25, 0.3) is 22.3 Å². The van der Waals surface area contributed by atoms with Crippen LogP contribution in [0.2, 0.25) is 0 Å².